The molecule has 134 valence electrons. The average Bonchev–Trinajstić information content (AvgIpc) is 2.68. The highest BCUT2D eigenvalue weighted by molar-refractivity contribution is 6.06. The van der Waals surface area contributed by atoms with Crippen molar-refractivity contribution in [3.63, 3.8) is 0 Å². The number of ether oxygens (including phenoxy) is 1. The summed E-state index contributed by atoms with van der Waals surface area (Å²) in [5.41, 5.74) is 1.58. The SMILES string of the molecule is Cc1cc(O[C@@H](C)C(=O)c2ccccc2)cc2oc(=O)c3ccccc3c12. The van der Waals surface area contributed by atoms with Gasteiger partial charge in [0.15, 0.2) is 6.10 Å². The molecule has 4 nitrogen and oxygen atoms in total. The van der Waals surface area contributed by atoms with Crippen LogP contribution >= 0.6 is 0 Å². The Kier molecular flexibility index (Phi) is 4.24. The van der Waals surface area contributed by atoms with Crippen LogP contribution in [-0.2, 0) is 0 Å². The van der Waals surface area contributed by atoms with Gasteiger partial charge in [-0.15, -0.1) is 0 Å². The van der Waals surface area contributed by atoms with Crippen LogP contribution in [0.25, 0.3) is 21.7 Å². The third-order valence-electron chi connectivity index (χ3n) is 4.63. The topological polar surface area (TPSA) is 56.5 Å². The van der Waals surface area contributed by atoms with Gasteiger partial charge in [-0.3, -0.25) is 4.79 Å². The molecule has 4 rings (SSSR count). The Morgan fingerprint density at radius 1 is 0.963 bits per heavy atom. The first kappa shape index (κ1) is 17.0. The second-order valence-corrected chi connectivity index (χ2v) is 6.54. The lowest BCUT2D eigenvalue weighted by Crippen LogP contribution is -2.23. The van der Waals surface area contributed by atoms with Crippen LogP contribution in [0.3, 0.4) is 0 Å². The van der Waals surface area contributed by atoms with Gasteiger partial charge < -0.3 is 9.15 Å². The van der Waals surface area contributed by atoms with Crippen molar-refractivity contribution < 1.29 is 13.9 Å². The van der Waals surface area contributed by atoms with Crippen molar-refractivity contribution >= 4 is 27.5 Å². The number of benzene rings is 3. The molecule has 27 heavy (non-hydrogen) atoms. The second-order valence-electron chi connectivity index (χ2n) is 6.54. The highest BCUT2D eigenvalue weighted by Crippen LogP contribution is 2.30. The lowest BCUT2D eigenvalue weighted by Gasteiger charge is -2.15. The van der Waals surface area contributed by atoms with Gasteiger partial charge in [-0.25, -0.2) is 4.79 Å². The number of hydrogen-bond acceptors (Lipinski definition) is 4. The lowest BCUT2D eigenvalue weighted by molar-refractivity contribution is 0.0818. The molecule has 0 unspecified atom stereocenters. The lowest BCUT2D eigenvalue weighted by atomic mass is 10.0. The molecule has 4 aromatic rings. The number of ketones is 1. The van der Waals surface area contributed by atoms with Gasteiger partial charge in [0.2, 0.25) is 5.78 Å². The fourth-order valence-corrected chi connectivity index (χ4v) is 3.35. The molecular formula is C23H18O4. The summed E-state index contributed by atoms with van der Waals surface area (Å²) in [6.07, 6.45) is -0.656. The quantitative estimate of drug-likeness (QED) is 0.296. The van der Waals surface area contributed by atoms with Gasteiger partial charge in [-0.1, -0.05) is 48.5 Å². The van der Waals surface area contributed by atoms with E-state index >= 15 is 0 Å². The smallest absolute Gasteiger partial charge is 0.344 e. The van der Waals surface area contributed by atoms with Crippen LogP contribution in [0.2, 0.25) is 0 Å². The van der Waals surface area contributed by atoms with E-state index in [0.717, 1.165) is 16.3 Å². The molecule has 0 aliphatic heterocycles. The molecule has 0 aliphatic carbocycles. The summed E-state index contributed by atoms with van der Waals surface area (Å²) in [6.45, 7) is 3.65. The molecular weight excluding hydrogens is 340 g/mol. The highest BCUT2D eigenvalue weighted by atomic mass is 16.5. The molecule has 4 heteroatoms. The summed E-state index contributed by atoms with van der Waals surface area (Å²) < 4.78 is 11.4. The maximum atomic E-state index is 12.5. The highest BCUT2D eigenvalue weighted by Gasteiger charge is 2.18. The predicted molar refractivity (Wildman–Crippen MR) is 106 cm³/mol. The molecule has 1 atom stereocenters. The Hall–Kier alpha value is -3.40. The number of carbonyl (C=O) groups is 1. The zero-order valence-corrected chi connectivity index (χ0v) is 15.1. The van der Waals surface area contributed by atoms with E-state index < -0.39 is 6.10 Å². The van der Waals surface area contributed by atoms with Gasteiger partial charge in [-0.05, 0) is 31.5 Å². The molecule has 0 bridgehead atoms. The molecule has 0 aliphatic rings. The molecule has 0 fully saturated rings. The number of hydrogen-bond donors (Lipinski definition) is 0. The molecule has 0 N–H and O–H groups in total. The van der Waals surface area contributed by atoms with E-state index in [1.165, 1.54) is 0 Å². The van der Waals surface area contributed by atoms with E-state index in [0.29, 0.717) is 22.3 Å². The minimum absolute atomic E-state index is 0.103. The van der Waals surface area contributed by atoms with E-state index in [1.54, 1.807) is 31.2 Å². The summed E-state index contributed by atoms with van der Waals surface area (Å²) in [6, 6.07) is 19.9. The molecule has 0 radical (unpaired) electrons. The summed E-state index contributed by atoms with van der Waals surface area (Å²) in [5, 5.41) is 2.27. The minimum Gasteiger partial charge on any atom is -0.482 e. The summed E-state index contributed by atoms with van der Waals surface area (Å²) >= 11 is 0. The maximum Gasteiger partial charge on any atom is 0.344 e. The van der Waals surface area contributed by atoms with E-state index in [1.807, 2.05) is 49.4 Å². The van der Waals surface area contributed by atoms with Crippen LogP contribution in [0.4, 0.5) is 0 Å². The fourth-order valence-electron chi connectivity index (χ4n) is 3.35. The van der Waals surface area contributed by atoms with E-state index in [9.17, 15) is 9.59 Å². The van der Waals surface area contributed by atoms with E-state index in [4.69, 9.17) is 9.15 Å². The van der Waals surface area contributed by atoms with Gasteiger partial charge in [0.25, 0.3) is 0 Å². The summed E-state index contributed by atoms with van der Waals surface area (Å²) in [4.78, 5) is 24.8. The third kappa shape index (κ3) is 3.10. The van der Waals surface area contributed by atoms with E-state index in [2.05, 4.69) is 0 Å². The first-order valence-corrected chi connectivity index (χ1v) is 8.77. The van der Waals surface area contributed by atoms with Crippen LogP contribution in [0, 0.1) is 6.92 Å². The molecule has 1 heterocycles. The van der Waals surface area contributed by atoms with Crippen molar-refractivity contribution in [3.05, 3.63) is 88.3 Å². The minimum atomic E-state index is -0.656. The van der Waals surface area contributed by atoms with Crippen LogP contribution in [0.1, 0.15) is 22.8 Å². The Morgan fingerprint density at radius 3 is 2.37 bits per heavy atom. The molecule has 0 saturated heterocycles. The fraction of sp³-hybridized carbons (Fsp3) is 0.130. The first-order valence-electron chi connectivity index (χ1n) is 8.77. The molecule has 0 saturated carbocycles. The summed E-state index contributed by atoms with van der Waals surface area (Å²) in [7, 11) is 0. The number of fused-ring (bicyclic) bond motifs is 3. The zero-order valence-electron chi connectivity index (χ0n) is 15.1. The first-order chi connectivity index (χ1) is 13.0. The molecule has 1 aromatic heterocycles. The van der Waals surface area contributed by atoms with Crippen molar-refractivity contribution in [1.29, 1.82) is 0 Å². The normalized spacial score (nSPS) is 12.2. The largest absolute Gasteiger partial charge is 0.482 e. The number of carbonyl (C=O) groups excluding carboxylic acids is 1. The zero-order chi connectivity index (χ0) is 19.0. The Morgan fingerprint density at radius 2 is 1.63 bits per heavy atom. The average molecular weight is 358 g/mol. The van der Waals surface area contributed by atoms with Gasteiger partial charge in [-0.2, -0.15) is 0 Å². The standard InChI is InChI=1S/C23H18O4/c1-14-12-17(26-15(2)22(24)16-8-4-3-5-9-16)13-20-21(14)18-10-6-7-11-19(18)23(25)27-20/h3-13,15H,1-2H3/t15-/m0/s1. The Labute approximate surface area is 156 Å². The number of Topliss-reactive ketones (excluding diaryl/α,β-unsaturated/α-hetero) is 1. The van der Waals surface area contributed by atoms with Gasteiger partial charge in [0.1, 0.15) is 11.3 Å². The summed E-state index contributed by atoms with van der Waals surface area (Å²) in [5.74, 6) is 0.392. The van der Waals surface area contributed by atoms with Gasteiger partial charge >= 0.3 is 5.63 Å². The second kappa shape index (κ2) is 6.72. The van der Waals surface area contributed by atoms with Gasteiger partial charge in [0.05, 0.1) is 5.39 Å². The van der Waals surface area contributed by atoms with Crippen LogP contribution < -0.4 is 10.4 Å². The number of aryl methyl sites for hydroxylation is 1. The molecule has 3 aromatic carbocycles. The van der Waals surface area contributed by atoms with Gasteiger partial charge in [0, 0.05) is 22.4 Å². The predicted octanol–water partition coefficient (Wildman–Crippen LogP) is 4.90. The van der Waals surface area contributed by atoms with Crippen LogP contribution in [0.5, 0.6) is 5.75 Å². The van der Waals surface area contributed by atoms with Crippen molar-refractivity contribution in [3.8, 4) is 5.75 Å². The Balaban J connectivity index is 1.74. The van der Waals surface area contributed by atoms with Crippen molar-refractivity contribution in [2.75, 3.05) is 0 Å². The molecule has 0 amide bonds. The Bertz CT molecular complexity index is 1210. The molecule has 0 spiro atoms. The monoisotopic (exact) mass is 358 g/mol. The van der Waals surface area contributed by atoms with Crippen molar-refractivity contribution in [1.82, 2.24) is 0 Å². The maximum absolute atomic E-state index is 12.5. The van der Waals surface area contributed by atoms with Crippen LogP contribution in [-0.4, -0.2) is 11.9 Å². The number of rotatable bonds is 4. The van der Waals surface area contributed by atoms with Crippen LogP contribution in [0.15, 0.2) is 75.9 Å². The van der Waals surface area contributed by atoms with E-state index in [-0.39, 0.29) is 11.4 Å². The van der Waals surface area contributed by atoms with Crippen molar-refractivity contribution in [2.24, 2.45) is 0 Å². The third-order valence-corrected chi connectivity index (χ3v) is 4.63. The van der Waals surface area contributed by atoms with Crippen molar-refractivity contribution in [2.45, 2.75) is 20.0 Å².